The van der Waals surface area contributed by atoms with Gasteiger partial charge in [-0.15, -0.1) is 0 Å². The van der Waals surface area contributed by atoms with E-state index in [1.54, 1.807) is 25.3 Å². The number of hydrogen-bond acceptors (Lipinski definition) is 4. The van der Waals surface area contributed by atoms with Crippen LogP contribution in [0.25, 0.3) is 0 Å². The fourth-order valence-corrected chi connectivity index (χ4v) is 1.52. The highest BCUT2D eigenvalue weighted by Gasteiger charge is 2.26. The number of rotatable bonds is 1. The highest BCUT2D eigenvalue weighted by molar-refractivity contribution is 5.43. The molecule has 1 aromatic carbocycles. The molecule has 2 atom stereocenters. The molecule has 76 valence electrons. The minimum atomic E-state index is -0.672. The number of methoxy groups -OCH3 is 1. The lowest BCUT2D eigenvalue weighted by molar-refractivity contribution is 0.0912. The quantitative estimate of drug-likeness (QED) is 0.682. The third-order valence-electron chi connectivity index (χ3n) is 2.37. The van der Waals surface area contributed by atoms with Gasteiger partial charge < -0.3 is 20.3 Å². The summed E-state index contributed by atoms with van der Waals surface area (Å²) in [5.74, 6) is 1.38. The molecule has 1 aliphatic rings. The van der Waals surface area contributed by atoms with Crippen LogP contribution in [0.15, 0.2) is 18.2 Å². The number of aliphatic hydroxyl groups is 1. The molecule has 0 unspecified atom stereocenters. The third kappa shape index (κ3) is 1.42. The standard InChI is InChI=1S/C10H13NO3/c1-13-6-2-3-9-7(4-6)10(12)8(11)5-14-9/h2-4,8,10,12H,5,11H2,1H3/t8-,10+/m0/s1. The van der Waals surface area contributed by atoms with Crippen molar-refractivity contribution in [3.05, 3.63) is 23.8 Å². The van der Waals surface area contributed by atoms with Gasteiger partial charge in [0.2, 0.25) is 0 Å². The molecule has 4 heteroatoms. The van der Waals surface area contributed by atoms with E-state index >= 15 is 0 Å². The molecular weight excluding hydrogens is 182 g/mol. The summed E-state index contributed by atoms with van der Waals surface area (Å²) in [4.78, 5) is 0. The van der Waals surface area contributed by atoms with Crippen LogP contribution in [-0.2, 0) is 0 Å². The van der Waals surface area contributed by atoms with Gasteiger partial charge >= 0.3 is 0 Å². The first-order valence-electron chi connectivity index (χ1n) is 4.46. The van der Waals surface area contributed by atoms with Gasteiger partial charge in [0, 0.05) is 5.56 Å². The van der Waals surface area contributed by atoms with Crippen molar-refractivity contribution in [3.8, 4) is 11.5 Å². The van der Waals surface area contributed by atoms with Crippen molar-refractivity contribution in [2.75, 3.05) is 13.7 Å². The first kappa shape index (κ1) is 9.30. The molecule has 2 rings (SSSR count). The first-order valence-corrected chi connectivity index (χ1v) is 4.46. The second kappa shape index (κ2) is 3.48. The zero-order chi connectivity index (χ0) is 10.1. The Hall–Kier alpha value is -1.26. The Labute approximate surface area is 82.2 Å². The maximum absolute atomic E-state index is 9.79. The zero-order valence-corrected chi connectivity index (χ0v) is 7.93. The minimum absolute atomic E-state index is 0.348. The number of hydrogen-bond donors (Lipinski definition) is 2. The van der Waals surface area contributed by atoms with Crippen molar-refractivity contribution in [1.82, 2.24) is 0 Å². The van der Waals surface area contributed by atoms with Crippen molar-refractivity contribution in [1.29, 1.82) is 0 Å². The van der Waals surface area contributed by atoms with Gasteiger partial charge in [-0.1, -0.05) is 0 Å². The lowest BCUT2D eigenvalue weighted by Crippen LogP contribution is -2.38. The molecule has 0 aliphatic carbocycles. The predicted molar refractivity (Wildman–Crippen MR) is 51.4 cm³/mol. The van der Waals surface area contributed by atoms with E-state index in [-0.39, 0.29) is 6.04 Å². The molecule has 0 amide bonds. The van der Waals surface area contributed by atoms with Gasteiger partial charge in [0.15, 0.2) is 0 Å². The summed E-state index contributed by atoms with van der Waals surface area (Å²) >= 11 is 0. The third-order valence-corrected chi connectivity index (χ3v) is 2.37. The molecule has 1 aliphatic heterocycles. The normalized spacial score (nSPS) is 25.1. The lowest BCUT2D eigenvalue weighted by atomic mass is 10.00. The SMILES string of the molecule is COc1ccc2c(c1)[C@@H](O)[C@@H](N)CO2. The fourth-order valence-electron chi connectivity index (χ4n) is 1.52. The number of aliphatic hydroxyl groups excluding tert-OH is 1. The highest BCUT2D eigenvalue weighted by atomic mass is 16.5. The van der Waals surface area contributed by atoms with Crippen LogP contribution in [0.5, 0.6) is 11.5 Å². The summed E-state index contributed by atoms with van der Waals surface area (Å²) in [6.45, 7) is 0.348. The Morgan fingerprint density at radius 2 is 2.36 bits per heavy atom. The summed E-state index contributed by atoms with van der Waals surface area (Å²) in [5.41, 5.74) is 6.37. The van der Waals surface area contributed by atoms with Gasteiger partial charge in [-0.2, -0.15) is 0 Å². The van der Waals surface area contributed by atoms with Gasteiger partial charge in [0.05, 0.1) is 13.2 Å². The number of fused-ring (bicyclic) bond motifs is 1. The Balaban J connectivity index is 2.41. The van der Waals surface area contributed by atoms with Gasteiger partial charge in [0.25, 0.3) is 0 Å². The van der Waals surface area contributed by atoms with Gasteiger partial charge in [-0.25, -0.2) is 0 Å². The second-order valence-corrected chi connectivity index (χ2v) is 3.32. The predicted octanol–water partition coefficient (Wildman–Crippen LogP) is 0.448. The summed E-state index contributed by atoms with van der Waals surface area (Å²) < 4.78 is 10.4. The molecule has 0 spiro atoms. The van der Waals surface area contributed by atoms with Crippen molar-refractivity contribution in [2.45, 2.75) is 12.1 Å². The molecule has 0 radical (unpaired) electrons. The van der Waals surface area contributed by atoms with Crippen LogP contribution >= 0.6 is 0 Å². The first-order chi connectivity index (χ1) is 6.72. The van der Waals surface area contributed by atoms with Crippen LogP contribution in [0.1, 0.15) is 11.7 Å². The molecule has 14 heavy (non-hydrogen) atoms. The summed E-state index contributed by atoms with van der Waals surface area (Å²) in [6.07, 6.45) is -0.672. The van der Waals surface area contributed by atoms with Crippen LogP contribution in [0.4, 0.5) is 0 Å². The summed E-state index contributed by atoms with van der Waals surface area (Å²) in [7, 11) is 1.58. The molecule has 0 saturated carbocycles. The topological polar surface area (TPSA) is 64.7 Å². The Morgan fingerprint density at radius 1 is 1.57 bits per heavy atom. The average Bonchev–Trinajstić information content (AvgIpc) is 2.23. The summed E-state index contributed by atoms with van der Waals surface area (Å²) in [5, 5.41) is 9.79. The average molecular weight is 195 g/mol. The molecule has 0 bridgehead atoms. The Bertz CT molecular complexity index is 340. The van der Waals surface area contributed by atoms with Gasteiger partial charge in [0.1, 0.15) is 24.2 Å². The van der Waals surface area contributed by atoms with E-state index in [1.807, 2.05) is 0 Å². The van der Waals surface area contributed by atoms with E-state index in [2.05, 4.69) is 0 Å². The Kier molecular flexibility index (Phi) is 2.31. The number of nitrogens with two attached hydrogens (primary N) is 1. The number of benzene rings is 1. The van der Waals surface area contributed by atoms with Crippen molar-refractivity contribution >= 4 is 0 Å². The van der Waals surface area contributed by atoms with Gasteiger partial charge in [-0.05, 0) is 18.2 Å². The van der Waals surface area contributed by atoms with Crippen LogP contribution < -0.4 is 15.2 Å². The Morgan fingerprint density at radius 3 is 3.07 bits per heavy atom. The van der Waals surface area contributed by atoms with E-state index in [4.69, 9.17) is 15.2 Å². The monoisotopic (exact) mass is 195 g/mol. The van der Waals surface area contributed by atoms with Crippen molar-refractivity contribution in [3.63, 3.8) is 0 Å². The maximum Gasteiger partial charge on any atom is 0.125 e. The van der Waals surface area contributed by atoms with Crippen molar-refractivity contribution < 1.29 is 14.6 Å². The van der Waals surface area contributed by atoms with E-state index in [0.717, 1.165) is 0 Å². The zero-order valence-electron chi connectivity index (χ0n) is 7.93. The minimum Gasteiger partial charge on any atom is -0.497 e. The van der Waals surface area contributed by atoms with Crippen LogP contribution in [0, 0.1) is 0 Å². The second-order valence-electron chi connectivity index (χ2n) is 3.32. The molecule has 0 saturated heterocycles. The van der Waals surface area contributed by atoms with Gasteiger partial charge in [-0.3, -0.25) is 0 Å². The lowest BCUT2D eigenvalue weighted by Gasteiger charge is -2.27. The molecule has 0 aromatic heterocycles. The summed E-state index contributed by atoms with van der Waals surface area (Å²) in [6, 6.07) is 4.96. The molecule has 1 heterocycles. The maximum atomic E-state index is 9.79. The smallest absolute Gasteiger partial charge is 0.125 e. The molecule has 0 fully saturated rings. The fraction of sp³-hybridized carbons (Fsp3) is 0.400. The van der Waals surface area contributed by atoms with E-state index < -0.39 is 6.10 Å². The van der Waals surface area contributed by atoms with E-state index in [0.29, 0.717) is 23.7 Å². The molecule has 1 aromatic rings. The number of ether oxygens (including phenoxy) is 2. The molecule has 4 nitrogen and oxygen atoms in total. The largest absolute Gasteiger partial charge is 0.497 e. The molecule has 3 N–H and O–H groups in total. The van der Waals surface area contributed by atoms with E-state index in [1.165, 1.54) is 0 Å². The van der Waals surface area contributed by atoms with E-state index in [9.17, 15) is 5.11 Å². The van der Waals surface area contributed by atoms with Crippen LogP contribution in [-0.4, -0.2) is 24.9 Å². The highest BCUT2D eigenvalue weighted by Crippen LogP contribution is 2.33. The molecular formula is C10H13NO3. The van der Waals surface area contributed by atoms with Crippen LogP contribution in [0.3, 0.4) is 0 Å². The van der Waals surface area contributed by atoms with Crippen molar-refractivity contribution in [2.24, 2.45) is 5.73 Å². The van der Waals surface area contributed by atoms with Crippen LogP contribution in [0.2, 0.25) is 0 Å².